The molecule has 0 heterocycles. The van der Waals surface area contributed by atoms with Gasteiger partial charge in [0, 0.05) is 16.9 Å². The van der Waals surface area contributed by atoms with Gasteiger partial charge in [-0.05, 0) is 18.4 Å². The molecule has 0 bridgehead atoms. The normalized spacial score (nSPS) is 10.3. The van der Waals surface area contributed by atoms with Crippen molar-refractivity contribution in [2.75, 3.05) is 12.9 Å². The molecule has 0 amide bonds. The van der Waals surface area contributed by atoms with E-state index in [0.29, 0.717) is 18.8 Å². The average molecular weight is 199 g/mol. The highest BCUT2D eigenvalue weighted by Gasteiger charge is 2.05. The van der Waals surface area contributed by atoms with Gasteiger partial charge in [-0.2, -0.15) is 0 Å². The van der Waals surface area contributed by atoms with Crippen LogP contribution in [0.2, 0.25) is 0 Å². The monoisotopic (exact) mass is 199 g/mol. The lowest BCUT2D eigenvalue weighted by Gasteiger charge is -2.08. The fourth-order valence-corrected chi connectivity index (χ4v) is 1.83. The summed E-state index contributed by atoms with van der Waals surface area (Å²) in [5, 5.41) is 9.54. The Morgan fingerprint density at radius 2 is 2.31 bits per heavy atom. The van der Waals surface area contributed by atoms with Gasteiger partial charge in [-0.25, -0.2) is 5.90 Å². The summed E-state index contributed by atoms with van der Waals surface area (Å²) in [6, 6.07) is 5.47. The van der Waals surface area contributed by atoms with Crippen molar-refractivity contribution in [2.24, 2.45) is 5.90 Å². The van der Waals surface area contributed by atoms with Crippen LogP contribution in [0.15, 0.2) is 23.1 Å². The number of rotatable bonds is 4. The van der Waals surface area contributed by atoms with Crippen LogP contribution in [0, 0.1) is 0 Å². The molecule has 0 aliphatic rings. The quantitative estimate of drug-likeness (QED) is 0.570. The lowest BCUT2D eigenvalue weighted by atomic mass is 10.1. The summed E-state index contributed by atoms with van der Waals surface area (Å²) in [5.74, 6) is 5.24. The van der Waals surface area contributed by atoms with Gasteiger partial charge < -0.3 is 9.94 Å². The van der Waals surface area contributed by atoms with E-state index in [1.54, 1.807) is 17.8 Å². The Hall–Kier alpha value is -0.710. The van der Waals surface area contributed by atoms with E-state index >= 15 is 0 Å². The van der Waals surface area contributed by atoms with Gasteiger partial charge in [-0.15, -0.1) is 11.8 Å². The number of thioether (sulfide) groups is 1. The Morgan fingerprint density at radius 1 is 1.54 bits per heavy atom. The van der Waals surface area contributed by atoms with E-state index in [1.165, 1.54) is 0 Å². The first-order chi connectivity index (χ1) is 6.29. The predicted octanol–water partition coefficient (Wildman–Crippen LogP) is 1.55. The molecule has 0 unspecified atom stereocenters. The van der Waals surface area contributed by atoms with E-state index in [1.807, 2.05) is 18.4 Å². The van der Waals surface area contributed by atoms with Crippen LogP contribution >= 0.6 is 11.8 Å². The third-order valence-corrected chi connectivity index (χ3v) is 2.62. The smallest absolute Gasteiger partial charge is 0.119 e. The van der Waals surface area contributed by atoms with Crippen LogP contribution in [0.5, 0.6) is 5.75 Å². The van der Waals surface area contributed by atoms with Crippen molar-refractivity contribution in [2.45, 2.75) is 11.3 Å². The summed E-state index contributed by atoms with van der Waals surface area (Å²) in [6.45, 7) is 0.422. The van der Waals surface area contributed by atoms with Gasteiger partial charge in [0.05, 0.1) is 6.61 Å². The highest BCUT2D eigenvalue weighted by Crippen LogP contribution is 2.28. The van der Waals surface area contributed by atoms with Crippen molar-refractivity contribution in [1.29, 1.82) is 0 Å². The number of aromatic hydroxyl groups is 1. The molecular weight excluding hydrogens is 186 g/mol. The highest BCUT2D eigenvalue weighted by molar-refractivity contribution is 7.98. The molecule has 1 rings (SSSR count). The van der Waals surface area contributed by atoms with Gasteiger partial charge in [-0.3, -0.25) is 0 Å². The third kappa shape index (κ3) is 2.62. The van der Waals surface area contributed by atoms with Crippen molar-refractivity contribution in [3.63, 3.8) is 0 Å². The molecule has 13 heavy (non-hydrogen) atoms. The summed E-state index contributed by atoms with van der Waals surface area (Å²) >= 11 is 1.60. The summed E-state index contributed by atoms with van der Waals surface area (Å²) in [4.78, 5) is 5.55. The molecule has 0 saturated carbocycles. The van der Waals surface area contributed by atoms with Crippen molar-refractivity contribution >= 4 is 11.8 Å². The number of nitrogens with two attached hydrogens (primary N) is 1. The second kappa shape index (κ2) is 5.11. The Kier molecular flexibility index (Phi) is 4.08. The zero-order chi connectivity index (χ0) is 9.68. The number of hydrogen-bond acceptors (Lipinski definition) is 4. The van der Waals surface area contributed by atoms with Crippen LogP contribution in [0.25, 0.3) is 0 Å². The second-order valence-electron chi connectivity index (χ2n) is 2.58. The molecule has 1 aromatic rings. The van der Waals surface area contributed by atoms with Crippen LogP contribution in [-0.2, 0) is 11.3 Å². The fraction of sp³-hybridized carbons (Fsp3) is 0.333. The van der Waals surface area contributed by atoms with Crippen molar-refractivity contribution < 1.29 is 9.94 Å². The molecule has 0 aromatic heterocycles. The van der Waals surface area contributed by atoms with Crippen LogP contribution in [-0.4, -0.2) is 18.0 Å². The summed E-state index contributed by atoms with van der Waals surface area (Å²) in [5.41, 5.74) is 0.903. The van der Waals surface area contributed by atoms with E-state index in [4.69, 9.17) is 5.90 Å². The van der Waals surface area contributed by atoms with E-state index in [-0.39, 0.29) is 0 Å². The summed E-state index contributed by atoms with van der Waals surface area (Å²) in [7, 11) is 0. The maximum atomic E-state index is 9.54. The molecule has 1 aromatic carbocycles. The number of phenols is 1. The predicted molar refractivity (Wildman–Crippen MR) is 53.7 cm³/mol. The SMILES string of the molecule is CSc1cccc(O)c1CCON. The summed E-state index contributed by atoms with van der Waals surface area (Å²) in [6.07, 6.45) is 2.61. The van der Waals surface area contributed by atoms with Gasteiger partial charge in [0.15, 0.2) is 0 Å². The molecule has 72 valence electrons. The standard InChI is InChI=1S/C9H13NO2S/c1-13-9-4-2-3-8(11)7(9)5-6-12-10/h2-4,11H,5-6,10H2,1H3. The van der Waals surface area contributed by atoms with Crippen molar-refractivity contribution in [1.82, 2.24) is 0 Å². The van der Waals surface area contributed by atoms with E-state index < -0.39 is 0 Å². The minimum atomic E-state index is 0.309. The largest absolute Gasteiger partial charge is 0.508 e. The number of hydrogen-bond donors (Lipinski definition) is 2. The second-order valence-corrected chi connectivity index (χ2v) is 3.43. The van der Waals surface area contributed by atoms with Gasteiger partial charge in [0.25, 0.3) is 0 Å². The van der Waals surface area contributed by atoms with Crippen molar-refractivity contribution in [3.8, 4) is 5.75 Å². The maximum absolute atomic E-state index is 9.54. The molecule has 3 nitrogen and oxygen atoms in total. The Morgan fingerprint density at radius 3 is 2.92 bits per heavy atom. The van der Waals surface area contributed by atoms with Gasteiger partial charge >= 0.3 is 0 Å². The molecule has 0 saturated heterocycles. The van der Waals surface area contributed by atoms with Crippen molar-refractivity contribution in [3.05, 3.63) is 23.8 Å². The molecule has 0 aliphatic heterocycles. The minimum absolute atomic E-state index is 0.309. The van der Waals surface area contributed by atoms with Gasteiger partial charge in [-0.1, -0.05) is 6.07 Å². The molecule has 0 fully saturated rings. The van der Waals surface area contributed by atoms with Crippen LogP contribution in [0.1, 0.15) is 5.56 Å². The van der Waals surface area contributed by atoms with Crippen LogP contribution in [0.3, 0.4) is 0 Å². The minimum Gasteiger partial charge on any atom is -0.508 e. The number of phenolic OH excluding ortho intramolecular Hbond substituents is 1. The average Bonchev–Trinajstić information content (AvgIpc) is 2.15. The first-order valence-electron chi connectivity index (χ1n) is 3.96. The molecule has 0 aliphatic carbocycles. The lowest BCUT2D eigenvalue weighted by molar-refractivity contribution is 0.140. The molecule has 0 spiro atoms. The third-order valence-electron chi connectivity index (χ3n) is 1.80. The highest BCUT2D eigenvalue weighted by atomic mass is 32.2. The lowest BCUT2D eigenvalue weighted by Crippen LogP contribution is -2.04. The molecule has 0 radical (unpaired) electrons. The van der Waals surface area contributed by atoms with Crippen LogP contribution < -0.4 is 5.90 Å². The molecule has 0 atom stereocenters. The van der Waals surface area contributed by atoms with E-state index in [2.05, 4.69) is 4.84 Å². The van der Waals surface area contributed by atoms with E-state index in [9.17, 15) is 5.11 Å². The number of benzene rings is 1. The Balaban J connectivity index is 2.87. The molecule has 4 heteroatoms. The van der Waals surface area contributed by atoms with Crippen LogP contribution in [0.4, 0.5) is 0 Å². The van der Waals surface area contributed by atoms with Gasteiger partial charge in [0.2, 0.25) is 0 Å². The molecular formula is C9H13NO2S. The Bertz CT molecular complexity index is 278. The topological polar surface area (TPSA) is 55.5 Å². The Labute approximate surface area is 81.9 Å². The first-order valence-corrected chi connectivity index (χ1v) is 5.18. The van der Waals surface area contributed by atoms with E-state index in [0.717, 1.165) is 10.5 Å². The van der Waals surface area contributed by atoms with Gasteiger partial charge in [0.1, 0.15) is 5.75 Å². The fourth-order valence-electron chi connectivity index (χ4n) is 1.16. The molecule has 3 N–H and O–H groups in total. The first kappa shape index (κ1) is 10.4. The maximum Gasteiger partial charge on any atom is 0.119 e. The zero-order valence-electron chi connectivity index (χ0n) is 7.49. The summed E-state index contributed by atoms with van der Waals surface area (Å²) < 4.78 is 0. The zero-order valence-corrected chi connectivity index (χ0v) is 8.30.